The lowest BCUT2D eigenvalue weighted by Gasteiger charge is -2.36. The highest BCUT2D eigenvalue weighted by Crippen LogP contribution is 2.47. The Morgan fingerprint density at radius 1 is 1.00 bits per heavy atom. The van der Waals surface area contributed by atoms with Crippen LogP contribution in [0.2, 0.25) is 0 Å². The number of benzene rings is 3. The maximum atomic E-state index is 13.8. The van der Waals surface area contributed by atoms with E-state index in [-0.39, 0.29) is 50.2 Å². The van der Waals surface area contributed by atoms with E-state index in [0.717, 1.165) is 26.1 Å². The van der Waals surface area contributed by atoms with Gasteiger partial charge in [-0.25, -0.2) is 0 Å². The van der Waals surface area contributed by atoms with Crippen LogP contribution in [0.5, 0.6) is 11.5 Å². The second-order valence-corrected chi connectivity index (χ2v) is 13.9. The Morgan fingerprint density at radius 2 is 1.74 bits per heavy atom. The van der Waals surface area contributed by atoms with Gasteiger partial charge >= 0.3 is 0 Å². The summed E-state index contributed by atoms with van der Waals surface area (Å²) in [5.74, 6) is -1.91. The zero-order valence-corrected chi connectivity index (χ0v) is 28.1. The molecule has 3 aromatic carbocycles. The van der Waals surface area contributed by atoms with Gasteiger partial charge in [0.05, 0.1) is 31.1 Å². The average Bonchev–Trinajstić information content (AvgIpc) is 3.69. The van der Waals surface area contributed by atoms with Crippen LogP contribution in [-0.2, 0) is 16.1 Å². The number of halogens is 1. The molecule has 1 aliphatic heterocycles. The smallest absolute Gasteiger partial charge is 0.234 e. The van der Waals surface area contributed by atoms with Gasteiger partial charge in [-0.1, -0.05) is 70.5 Å². The highest BCUT2D eigenvalue weighted by Gasteiger charge is 2.54. The monoisotopic (exact) mass is 713 g/mol. The van der Waals surface area contributed by atoms with E-state index in [4.69, 9.17) is 4.74 Å². The first-order valence-corrected chi connectivity index (χ1v) is 17.3. The van der Waals surface area contributed by atoms with E-state index in [2.05, 4.69) is 15.9 Å². The molecule has 4 aromatic rings. The number of amides is 2. The Kier molecular flexibility index (Phi) is 10.4. The van der Waals surface area contributed by atoms with Gasteiger partial charge in [0.1, 0.15) is 18.1 Å². The molecule has 1 aromatic heterocycles. The number of hydrogen-bond donors (Lipinski definition) is 3. The summed E-state index contributed by atoms with van der Waals surface area (Å²) in [6.45, 7) is -0.0702. The van der Waals surface area contributed by atoms with Crippen molar-refractivity contribution in [3.63, 3.8) is 0 Å². The number of carbonyl (C=O) groups excluding carboxylic acids is 2. The number of phenolic OH excluding ortho intramolecular Hbond substituents is 1. The van der Waals surface area contributed by atoms with Crippen LogP contribution in [0.4, 0.5) is 0 Å². The summed E-state index contributed by atoms with van der Waals surface area (Å²) in [6, 6.07) is 28.1. The molecule has 2 amide bonds. The lowest BCUT2D eigenvalue weighted by Crippen LogP contribution is -2.40. The number of aliphatic hydroxyl groups excluding tert-OH is 2. The molecule has 4 atom stereocenters. The third-order valence-corrected chi connectivity index (χ3v) is 10.4. The molecule has 0 saturated carbocycles. The zero-order chi connectivity index (χ0) is 32.9. The van der Waals surface area contributed by atoms with E-state index in [1.54, 1.807) is 12.1 Å². The molecule has 2 heterocycles. The quantitative estimate of drug-likeness (QED) is 0.0823. The van der Waals surface area contributed by atoms with Gasteiger partial charge in [0.15, 0.2) is 0 Å². The number of para-hydroxylation sites is 1. The summed E-state index contributed by atoms with van der Waals surface area (Å²) >= 11 is 4.97. The molecule has 0 bridgehead atoms. The Labute approximate surface area is 286 Å². The number of thiophene rings is 1. The number of aromatic hydroxyl groups is 1. The maximum absolute atomic E-state index is 13.8. The molecule has 1 aliphatic carbocycles. The van der Waals surface area contributed by atoms with Crippen LogP contribution in [0, 0.1) is 17.8 Å². The molecular formula is C38H36BrNO6S. The number of ether oxygens (including phenoxy) is 1. The molecule has 0 spiro atoms. The van der Waals surface area contributed by atoms with Crippen LogP contribution in [0.25, 0.3) is 11.6 Å². The Balaban J connectivity index is 1.32. The molecule has 242 valence electrons. The van der Waals surface area contributed by atoms with Gasteiger partial charge in [0.25, 0.3) is 0 Å². The first-order valence-electron chi connectivity index (χ1n) is 15.6. The molecule has 0 unspecified atom stereocenters. The maximum Gasteiger partial charge on any atom is 0.234 e. The van der Waals surface area contributed by atoms with Gasteiger partial charge in [0.2, 0.25) is 11.8 Å². The van der Waals surface area contributed by atoms with Crippen molar-refractivity contribution in [2.75, 3.05) is 13.2 Å². The minimum Gasteiger partial charge on any atom is -0.507 e. The Morgan fingerprint density at radius 3 is 2.45 bits per heavy atom. The van der Waals surface area contributed by atoms with Crippen molar-refractivity contribution < 1.29 is 29.6 Å². The second kappa shape index (κ2) is 14.8. The number of carbonyl (C=O) groups is 2. The van der Waals surface area contributed by atoms with Crippen molar-refractivity contribution in [1.82, 2.24) is 4.90 Å². The standard InChI is InChI=1S/C38H36BrNO6S/c39-28-14-16-33(42)26(19-28)18-25(24-8-3-1-4-9-24)13-15-34(43)35-27(23-46-29-10-5-2-6-11-29)20-31-36(32(35)22-41)38(45)40(37(31)44)21-30-12-7-17-47-30/h1-12,14,16-19,31-32,34,36,41-43H,13,15,20-23H2/b25-18-/t31-,32+,34-,36-/m1/s1. The minimum atomic E-state index is -1.01. The number of aliphatic hydroxyl groups is 2. The van der Waals surface area contributed by atoms with Crippen LogP contribution in [0.1, 0.15) is 35.3 Å². The number of imide groups is 1. The predicted molar refractivity (Wildman–Crippen MR) is 186 cm³/mol. The van der Waals surface area contributed by atoms with Gasteiger partial charge in [-0.3, -0.25) is 14.5 Å². The van der Waals surface area contributed by atoms with Gasteiger partial charge in [-0.2, -0.15) is 0 Å². The molecule has 47 heavy (non-hydrogen) atoms. The fourth-order valence-corrected chi connectivity index (χ4v) is 7.86. The first kappa shape index (κ1) is 32.9. The molecule has 7 nitrogen and oxygen atoms in total. The SMILES string of the molecule is O=C1[C@@H]2[C@@H](CC(COc3ccccc3)=C([C@H](O)CC/C(=C/c3cc(Br)ccc3O)c3ccccc3)[C@@H]2CO)C(=O)N1Cc1cccs1. The topological polar surface area (TPSA) is 107 Å². The van der Waals surface area contributed by atoms with Gasteiger partial charge < -0.3 is 20.1 Å². The van der Waals surface area contributed by atoms with E-state index in [0.29, 0.717) is 23.3 Å². The number of hydrogen-bond acceptors (Lipinski definition) is 7. The van der Waals surface area contributed by atoms with Crippen molar-refractivity contribution in [2.24, 2.45) is 17.8 Å². The van der Waals surface area contributed by atoms with E-state index >= 15 is 0 Å². The molecule has 0 radical (unpaired) electrons. The minimum absolute atomic E-state index is 0.121. The molecule has 1 saturated heterocycles. The van der Waals surface area contributed by atoms with Crippen molar-refractivity contribution >= 4 is 50.7 Å². The Hall–Kier alpha value is -4.02. The molecule has 1 fully saturated rings. The lowest BCUT2D eigenvalue weighted by molar-refractivity contribution is -0.140. The van der Waals surface area contributed by atoms with Crippen LogP contribution < -0.4 is 4.74 Å². The summed E-state index contributed by atoms with van der Waals surface area (Å²) in [7, 11) is 0. The summed E-state index contributed by atoms with van der Waals surface area (Å²) in [5, 5.41) is 35.2. The summed E-state index contributed by atoms with van der Waals surface area (Å²) in [5.41, 5.74) is 3.80. The van der Waals surface area contributed by atoms with E-state index in [1.165, 1.54) is 16.2 Å². The van der Waals surface area contributed by atoms with Crippen molar-refractivity contribution in [1.29, 1.82) is 0 Å². The number of phenols is 1. The van der Waals surface area contributed by atoms with E-state index < -0.39 is 23.9 Å². The van der Waals surface area contributed by atoms with Crippen LogP contribution in [-0.4, -0.2) is 51.4 Å². The third-order valence-electron chi connectivity index (χ3n) is 9.03. The van der Waals surface area contributed by atoms with Crippen LogP contribution in [0.3, 0.4) is 0 Å². The summed E-state index contributed by atoms with van der Waals surface area (Å²) < 4.78 is 6.96. The zero-order valence-electron chi connectivity index (χ0n) is 25.7. The molecule has 6 rings (SSSR count). The average molecular weight is 715 g/mol. The summed E-state index contributed by atoms with van der Waals surface area (Å²) in [6.07, 6.45) is 1.89. The Bertz CT molecular complexity index is 1770. The van der Waals surface area contributed by atoms with Crippen molar-refractivity contribution in [3.05, 3.63) is 128 Å². The molecule has 2 aliphatic rings. The normalized spacial score (nSPS) is 20.4. The molecule has 9 heteroatoms. The van der Waals surface area contributed by atoms with Crippen LogP contribution in [0.15, 0.2) is 112 Å². The van der Waals surface area contributed by atoms with Crippen molar-refractivity contribution in [3.8, 4) is 11.5 Å². The molecule has 3 N–H and O–H groups in total. The third kappa shape index (κ3) is 7.28. The summed E-state index contributed by atoms with van der Waals surface area (Å²) in [4.78, 5) is 29.8. The highest BCUT2D eigenvalue weighted by molar-refractivity contribution is 9.10. The number of allylic oxidation sites excluding steroid dienone is 1. The van der Waals surface area contributed by atoms with E-state index in [9.17, 15) is 24.9 Å². The fraction of sp³-hybridized carbons (Fsp3) is 0.263. The largest absolute Gasteiger partial charge is 0.507 e. The van der Waals surface area contributed by atoms with Crippen molar-refractivity contribution in [2.45, 2.75) is 31.9 Å². The van der Waals surface area contributed by atoms with Gasteiger partial charge in [-0.05, 0) is 89.4 Å². The van der Waals surface area contributed by atoms with Gasteiger partial charge in [0, 0.05) is 20.8 Å². The number of rotatable bonds is 12. The fourth-order valence-electron chi connectivity index (χ4n) is 6.79. The lowest BCUT2D eigenvalue weighted by atomic mass is 9.68. The molecular weight excluding hydrogens is 678 g/mol. The number of likely N-dealkylation sites (tertiary alicyclic amines) is 1. The highest BCUT2D eigenvalue weighted by atomic mass is 79.9. The number of nitrogens with zero attached hydrogens (tertiary/aromatic N) is 1. The van der Waals surface area contributed by atoms with E-state index in [1.807, 2.05) is 90.3 Å². The first-order chi connectivity index (χ1) is 22.8. The van der Waals surface area contributed by atoms with Crippen LogP contribution >= 0.6 is 27.3 Å². The second-order valence-electron chi connectivity index (χ2n) is 11.9. The van der Waals surface area contributed by atoms with Gasteiger partial charge in [-0.15, -0.1) is 11.3 Å². The number of fused-ring (bicyclic) bond motifs is 1. The predicted octanol–water partition coefficient (Wildman–Crippen LogP) is 7.09.